The molecule has 0 N–H and O–H groups in total. The highest BCUT2D eigenvalue weighted by Crippen LogP contribution is 2.26. The fourth-order valence-electron chi connectivity index (χ4n) is 1.56. The summed E-state index contributed by atoms with van der Waals surface area (Å²) in [4.78, 5) is 2.50. The fourth-order valence-corrected chi connectivity index (χ4v) is 2.11. The standard InChI is InChI=1S/C9H18INO/c1-8(10)11-6-4-9(2,12-3)5-7-11/h8H,4-7H2,1-3H3/t8-/m0/s1. The zero-order chi connectivity index (χ0) is 9.19. The average Bonchev–Trinajstić information content (AvgIpc) is 2.05. The molecule has 0 bridgehead atoms. The molecule has 0 saturated carbocycles. The maximum Gasteiger partial charge on any atom is 0.0675 e. The largest absolute Gasteiger partial charge is 0.378 e. The maximum atomic E-state index is 5.48. The van der Waals surface area contributed by atoms with Crippen LogP contribution in [0.15, 0.2) is 0 Å². The Morgan fingerprint density at radius 1 is 1.42 bits per heavy atom. The predicted molar refractivity (Wildman–Crippen MR) is 59.7 cm³/mol. The smallest absolute Gasteiger partial charge is 0.0675 e. The summed E-state index contributed by atoms with van der Waals surface area (Å²) in [6, 6.07) is 0. The van der Waals surface area contributed by atoms with Crippen LogP contribution in [0.5, 0.6) is 0 Å². The third-order valence-corrected chi connectivity index (χ3v) is 3.64. The summed E-state index contributed by atoms with van der Waals surface area (Å²) >= 11 is 2.47. The van der Waals surface area contributed by atoms with Gasteiger partial charge in [-0.3, -0.25) is 4.90 Å². The number of ether oxygens (including phenoxy) is 1. The normalized spacial score (nSPS) is 27.0. The molecular formula is C9H18INO. The zero-order valence-electron chi connectivity index (χ0n) is 8.14. The van der Waals surface area contributed by atoms with Crippen molar-refractivity contribution in [1.29, 1.82) is 0 Å². The van der Waals surface area contributed by atoms with E-state index >= 15 is 0 Å². The maximum absolute atomic E-state index is 5.48. The molecule has 1 rings (SSSR count). The third kappa shape index (κ3) is 2.57. The molecule has 0 aliphatic carbocycles. The Labute approximate surface area is 88.8 Å². The lowest BCUT2D eigenvalue weighted by Crippen LogP contribution is -2.45. The van der Waals surface area contributed by atoms with Crippen LogP contribution in [-0.4, -0.2) is 34.7 Å². The summed E-state index contributed by atoms with van der Waals surface area (Å²) in [7, 11) is 1.82. The van der Waals surface area contributed by atoms with Gasteiger partial charge in [0.1, 0.15) is 0 Å². The van der Waals surface area contributed by atoms with Gasteiger partial charge in [0.25, 0.3) is 0 Å². The highest BCUT2D eigenvalue weighted by Gasteiger charge is 2.30. The van der Waals surface area contributed by atoms with Crippen LogP contribution in [0.25, 0.3) is 0 Å². The number of halogens is 1. The number of rotatable bonds is 2. The topological polar surface area (TPSA) is 12.5 Å². The second kappa shape index (κ2) is 4.24. The highest BCUT2D eigenvalue weighted by atomic mass is 127. The van der Waals surface area contributed by atoms with Gasteiger partial charge in [-0.25, -0.2) is 0 Å². The van der Waals surface area contributed by atoms with Gasteiger partial charge in [-0.15, -0.1) is 0 Å². The lowest BCUT2D eigenvalue weighted by atomic mass is 9.93. The summed E-state index contributed by atoms with van der Waals surface area (Å²) in [5, 5.41) is 0. The van der Waals surface area contributed by atoms with Gasteiger partial charge in [-0.05, 0) is 26.7 Å². The number of hydrogen-bond donors (Lipinski definition) is 0. The van der Waals surface area contributed by atoms with Crippen molar-refractivity contribution in [2.24, 2.45) is 0 Å². The van der Waals surface area contributed by atoms with Gasteiger partial charge in [0, 0.05) is 20.2 Å². The van der Waals surface area contributed by atoms with Gasteiger partial charge in [0.15, 0.2) is 0 Å². The molecule has 0 aromatic rings. The number of hydrogen-bond acceptors (Lipinski definition) is 2. The van der Waals surface area contributed by atoms with E-state index < -0.39 is 0 Å². The van der Waals surface area contributed by atoms with Crippen LogP contribution in [0.3, 0.4) is 0 Å². The molecule has 0 unspecified atom stereocenters. The van der Waals surface area contributed by atoms with Gasteiger partial charge < -0.3 is 4.74 Å². The Bertz CT molecular complexity index is 141. The van der Waals surface area contributed by atoms with Crippen LogP contribution >= 0.6 is 22.6 Å². The Morgan fingerprint density at radius 3 is 2.25 bits per heavy atom. The van der Waals surface area contributed by atoms with E-state index in [-0.39, 0.29) is 5.60 Å². The molecule has 1 heterocycles. The van der Waals surface area contributed by atoms with Crippen LogP contribution in [0.2, 0.25) is 0 Å². The van der Waals surface area contributed by atoms with Crippen LogP contribution in [0.4, 0.5) is 0 Å². The van der Waals surface area contributed by atoms with E-state index in [4.69, 9.17) is 4.74 Å². The van der Waals surface area contributed by atoms with Gasteiger partial charge >= 0.3 is 0 Å². The quantitative estimate of drug-likeness (QED) is 0.438. The zero-order valence-corrected chi connectivity index (χ0v) is 10.3. The Kier molecular flexibility index (Phi) is 3.79. The first-order valence-electron chi connectivity index (χ1n) is 4.51. The average molecular weight is 283 g/mol. The second-order valence-corrected chi connectivity index (χ2v) is 5.57. The van der Waals surface area contributed by atoms with E-state index in [0.29, 0.717) is 4.05 Å². The van der Waals surface area contributed by atoms with Crippen molar-refractivity contribution in [3.05, 3.63) is 0 Å². The predicted octanol–water partition coefficient (Wildman–Crippen LogP) is 2.27. The number of piperidine rings is 1. The molecule has 0 aromatic heterocycles. The molecule has 72 valence electrons. The van der Waals surface area contributed by atoms with Crippen molar-refractivity contribution >= 4 is 22.6 Å². The van der Waals surface area contributed by atoms with Crippen molar-refractivity contribution in [2.45, 2.75) is 36.3 Å². The van der Waals surface area contributed by atoms with Gasteiger partial charge in [-0.1, -0.05) is 22.6 Å². The molecule has 0 spiro atoms. The van der Waals surface area contributed by atoms with Gasteiger partial charge in [-0.2, -0.15) is 0 Å². The van der Waals surface area contributed by atoms with Crippen LogP contribution in [0, 0.1) is 0 Å². The molecule has 0 radical (unpaired) electrons. The van der Waals surface area contributed by atoms with Crippen LogP contribution in [-0.2, 0) is 4.74 Å². The van der Waals surface area contributed by atoms with E-state index in [1.807, 2.05) is 7.11 Å². The molecule has 1 fully saturated rings. The Balaban J connectivity index is 2.39. The van der Waals surface area contributed by atoms with Crippen molar-refractivity contribution < 1.29 is 4.74 Å². The molecule has 1 atom stereocenters. The number of alkyl halides is 1. The first-order valence-corrected chi connectivity index (χ1v) is 5.75. The SMILES string of the molecule is COC1(C)CCN([C@@H](C)I)CC1. The van der Waals surface area contributed by atoms with E-state index in [2.05, 4.69) is 41.3 Å². The Morgan fingerprint density at radius 2 is 1.92 bits per heavy atom. The molecule has 1 aliphatic rings. The monoisotopic (exact) mass is 283 g/mol. The van der Waals surface area contributed by atoms with E-state index in [1.54, 1.807) is 0 Å². The molecular weight excluding hydrogens is 265 g/mol. The molecule has 12 heavy (non-hydrogen) atoms. The van der Waals surface area contributed by atoms with Gasteiger partial charge in [0.05, 0.1) is 9.65 Å². The van der Waals surface area contributed by atoms with Crippen LogP contribution < -0.4 is 0 Å². The van der Waals surface area contributed by atoms with Crippen LogP contribution in [0.1, 0.15) is 26.7 Å². The molecule has 1 aliphatic heterocycles. The number of methoxy groups -OCH3 is 1. The van der Waals surface area contributed by atoms with Crippen molar-refractivity contribution in [3.8, 4) is 0 Å². The molecule has 2 nitrogen and oxygen atoms in total. The van der Waals surface area contributed by atoms with Crippen molar-refractivity contribution in [3.63, 3.8) is 0 Å². The molecule has 3 heteroatoms. The molecule has 0 aromatic carbocycles. The number of nitrogens with zero attached hydrogens (tertiary/aromatic N) is 1. The minimum Gasteiger partial charge on any atom is -0.378 e. The summed E-state index contributed by atoms with van der Waals surface area (Å²) < 4.78 is 6.13. The van der Waals surface area contributed by atoms with Gasteiger partial charge in [0.2, 0.25) is 0 Å². The lowest BCUT2D eigenvalue weighted by molar-refractivity contribution is -0.0427. The van der Waals surface area contributed by atoms with E-state index in [9.17, 15) is 0 Å². The fraction of sp³-hybridized carbons (Fsp3) is 1.00. The first-order chi connectivity index (χ1) is 5.57. The summed E-state index contributed by atoms with van der Waals surface area (Å²) in [6.07, 6.45) is 2.33. The highest BCUT2D eigenvalue weighted by molar-refractivity contribution is 14.1. The second-order valence-electron chi connectivity index (χ2n) is 3.76. The van der Waals surface area contributed by atoms with Crippen molar-refractivity contribution in [2.75, 3.05) is 20.2 Å². The van der Waals surface area contributed by atoms with Crippen molar-refractivity contribution in [1.82, 2.24) is 4.90 Å². The summed E-state index contributed by atoms with van der Waals surface area (Å²) in [5.41, 5.74) is 0.141. The number of likely N-dealkylation sites (tertiary alicyclic amines) is 1. The molecule has 0 amide bonds. The summed E-state index contributed by atoms with van der Waals surface area (Å²) in [6.45, 7) is 6.81. The minimum absolute atomic E-state index is 0.141. The first kappa shape index (κ1) is 10.7. The summed E-state index contributed by atoms with van der Waals surface area (Å²) in [5.74, 6) is 0. The van der Waals surface area contributed by atoms with E-state index in [0.717, 1.165) is 12.8 Å². The minimum atomic E-state index is 0.141. The Hall–Kier alpha value is 0.650. The lowest BCUT2D eigenvalue weighted by Gasteiger charge is -2.39. The van der Waals surface area contributed by atoms with E-state index in [1.165, 1.54) is 13.1 Å². The third-order valence-electron chi connectivity index (χ3n) is 2.85. The molecule has 1 saturated heterocycles.